The average Bonchev–Trinajstić information content (AvgIpc) is 2.29. The van der Waals surface area contributed by atoms with Gasteiger partial charge < -0.3 is 9.88 Å². The van der Waals surface area contributed by atoms with Crippen LogP contribution in [0.5, 0.6) is 0 Å². The predicted octanol–water partition coefficient (Wildman–Crippen LogP) is 1.39. The van der Waals surface area contributed by atoms with Crippen LogP contribution >= 0.6 is 11.6 Å². The van der Waals surface area contributed by atoms with Crippen LogP contribution in [-0.4, -0.2) is 34.5 Å². The summed E-state index contributed by atoms with van der Waals surface area (Å²) < 4.78 is 0. The lowest BCUT2D eigenvalue weighted by molar-refractivity contribution is 0.305. The summed E-state index contributed by atoms with van der Waals surface area (Å²) in [5.74, 6) is 0.998. The molecule has 0 aliphatic rings. The van der Waals surface area contributed by atoms with Crippen LogP contribution in [0.4, 0.5) is 0 Å². The van der Waals surface area contributed by atoms with E-state index >= 15 is 0 Å². The third-order valence-corrected chi connectivity index (χ3v) is 2.81. The molecular weight excluding hydrogens is 226 g/mol. The molecule has 1 aromatic heterocycles. The molecule has 0 aliphatic heterocycles. The van der Waals surface area contributed by atoms with Gasteiger partial charge in [0.15, 0.2) is 0 Å². The Labute approximate surface area is 101 Å². The number of nitrogens with one attached hydrogen (secondary N) is 1. The van der Waals surface area contributed by atoms with E-state index < -0.39 is 0 Å². The molecule has 0 spiro atoms. The van der Waals surface area contributed by atoms with E-state index in [0.717, 1.165) is 31.9 Å². The van der Waals surface area contributed by atoms with Crippen LogP contribution in [0.3, 0.4) is 0 Å². The van der Waals surface area contributed by atoms with Crippen LogP contribution in [-0.2, 0) is 12.3 Å². The predicted molar refractivity (Wildman–Crippen MR) is 65.9 cm³/mol. The number of rotatable bonds is 6. The second-order valence-corrected chi connectivity index (χ2v) is 3.86. The van der Waals surface area contributed by atoms with E-state index in [9.17, 15) is 4.79 Å². The minimum absolute atomic E-state index is 0.125. The van der Waals surface area contributed by atoms with Gasteiger partial charge in [0.2, 0.25) is 0 Å². The normalized spacial score (nSPS) is 11.0. The van der Waals surface area contributed by atoms with Crippen molar-refractivity contribution in [2.75, 3.05) is 19.6 Å². The maximum absolute atomic E-state index is 11.3. The molecule has 0 aromatic carbocycles. The Morgan fingerprint density at radius 3 is 2.69 bits per heavy atom. The summed E-state index contributed by atoms with van der Waals surface area (Å²) in [6, 6.07) is 1.44. The molecule has 0 atom stereocenters. The van der Waals surface area contributed by atoms with Crippen molar-refractivity contribution in [1.29, 1.82) is 0 Å². The number of alkyl halides is 1. The first-order valence-corrected chi connectivity index (χ1v) is 6.10. The van der Waals surface area contributed by atoms with Crippen molar-refractivity contribution in [1.82, 2.24) is 14.9 Å². The van der Waals surface area contributed by atoms with E-state index in [4.69, 9.17) is 11.6 Å². The smallest absolute Gasteiger partial charge is 0.251 e. The fourth-order valence-electron chi connectivity index (χ4n) is 1.55. The molecule has 90 valence electrons. The lowest BCUT2D eigenvalue weighted by Gasteiger charge is -2.17. The maximum Gasteiger partial charge on any atom is 0.251 e. The van der Waals surface area contributed by atoms with Crippen molar-refractivity contribution in [3.05, 3.63) is 27.9 Å². The Hall–Kier alpha value is -0.870. The summed E-state index contributed by atoms with van der Waals surface area (Å²) in [4.78, 5) is 20.6. The molecule has 4 nitrogen and oxygen atoms in total. The third-order valence-electron chi connectivity index (χ3n) is 2.54. The molecule has 16 heavy (non-hydrogen) atoms. The number of aromatic amines is 1. The van der Waals surface area contributed by atoms with E-state index in [0.29, 0.717) is 5.69 Å². The molecule has 1 N–H and O–H groups in total. The molecule has 0 radical (unpaired) electrons. The topological polar surface area (TPSA) is 49.0 Å². The van der Waals surface area contributed by atoms with E-state index in [1.165, 1.54) is 6.07 Å². The van der Waals surface area contributed by atoms with E-state index in [1.807, 2.05) is 0 Å². The largest absolute Gasteiger partial charge is 0.310 e. The van der Waals surface area contributed by atoms with Gasteiger partial charge in [0.25, 0.3) is 5.56 Å². The quantitative estimate of drug-likeness (QED) is 0.769. The van der Waals surface area contributed by atoms with Gasteiger partial charge in [-0.1, -0.05) is 13.8 Å². The highest BCUT2D eigenvalue weighted by molar-refractivity contribution is 6.16. The van der Waals surface area contributed by atoms with Crippen molar-refractivity contribution in [3.8, 4) is 0 Å². The van der Waals surface area contributed by atoms with Gasteiger partial charge >= 0.3 is 0 Å². The van der Waals surface area contributed by atoms with Crippen molar-refractivity contribution in [2.24, 2.45) is 0 Å². The zero-order valence-corrected chi connectivity index (χ0v) is 10.5. The number of H-pyrrole nitrogens is 1. The zero-order valence-electron chi connectivity index (χ0n) is 9.79. The first kappa shape index (κ1) is 13.2. The molecule has 1 heterocycles. The first-order valence-electron chi connectivity index (χ1n) is 5.57. The molecule has 0 fully saturated rings. The second kappa shape index (κ2) is 6.66. The molecular formula is C11H18ClN3O. The van der Waals surface area contributed by atoms with Gasteiger partial charge in [-0.05, 0) is 13.1 Å². The zero-order chi connectivity index (χ0) is 12.0. The number of likely N-dealkylation sites (N-methyl/N-ethyl adjacent to an activating group) is 1. The number of hydrogen-bond acceptors (Lipinski definition) is 3. The second-order valence-electron chi connectivity index (χ2n) is 3.59. The van der Waals surface area contributed by atoms with Gasteiger partial charge in [0.05, 0.1) is 11.6 Å². The molecule has 0 bridgehead atoms. The van der Waals surface area contributed by atoms with Gasteiger partial charge in [-0.15, -0.1) is 11.6 Å². The lowest BCUT2D eigenvalue weighted by Crippen LogP contribution is -2.26. The van der Waals surface area contributed by atoms with Gasteiger partial charge in [-0.2, -0.15) is 0 Å². The van der Waals surface area contributed by atoms with Crippen LogP contribution < -0.4 is 5.56 Å². The Balaban J connectivity index is 2.66. The standard InChI is InChI=1S/C11H18ClN3O/c1-3-15(4-2)6-5-10-13-9(8-12)7-11(16)14-10/h7H,3-6,8H2,1-2H3,(H,13,14,16). The van der Waals surface area contributed by atoms with Crippen molar-refractivity contribution >= 4 is 11.6 Å². The Bertz CT molecular complexity index is 374. The molecule has 1 rings (SSSR count). The fourth-order valence-corrected chi connectivity index (χ4v) is 1.69. The summed E-state index contributed by atoms with van der Waals surface area (Å²) in [5.41, 5.74) is 0.514. The summed E-state index contributed by atoms with van der Waals surface area (Å²) in [7, 11) is 0. The van der Waals surface area contributed by atoms with Gasteiger partial charge in [0, 0.05) is 19.0 Å². The number of halogens is 1. The van der Waals surface area contributed by atoms with E-state index in [2.05, 4.69) is 28.7 Å². The van der Waals surface area contributed by atoms with E-state index in [-0.39, 0.29) is 11.4 Å². The summed E-state index contributed by atoms with van der Waals surface area (Å²) >= 11 is 5.66. The molecule has 0 saturated carbocycles. The maximum atomic E-state index is 11.3. The molecule has 5 heteroatoms. The monoisotopic (exact) mass is 243 g/mol. The minimum atomic E-state index is -0.125. The van der Waals surface area contributed by atoms with Crippen LogP contribution in [0.25, 0.3) is 0 Å². The molecule has 1 aromatic rings. The SMILES string of the molecule is CCN(CC)CCc1nc(CCl)cc(=O)[nH]1. The van der Waals surface area contributed by atoms with Crippen LogP contribution in [0.15, 0.2) is 10.9 Å². The number of nitrogens with zero attached hydrogens (tertiary/aromatic N) is 2. The van der Waals surface area contributed by atoms with Gasteiger partial charge in [0.1, 0.15) is 5.82 Å². The Morgan fingerprint density at radius 2 is 2.12 bits per heavy atom. The van der Waals surface area contributed by atoms with Crippen molar-refractivity contribution in [3.63, 3.8) is 0 Å². The summed E-state index contributed by atoms with van der Waals surface area (Å²) in [6.07, 6.45) is 0.752. The van der Waals surface area contributed by atoms with Crippen molar-refractivity contribution < 1.29 is 0 Å². The Morgan fingerprint density at radius 1 is 1.44 bits per heavy atom. The number of aromatic nitrogens is 2. The highest BCUT2D eigenvalue weighted by Crippen LogP contribution is 1.98. The molecule has 0 saturated heterocycles. The Kier molecular flexibility index (Phi) is 5.49. The van der Waals surface area contributed by atoms with Gasteiger partial charge in [-0.25, -0.2) is 4.98 Å². The lowest BCUT2D eigenvalue weighted by atomic mass is 10.3. The highest BCUT2D eigenvalue weighted by Gasteiger charge is 2.03. The van der Waals surface area contributed by atoms with Gasteiger partial charge in [-0.3, -0.25) is 4.79 Å². The summed E-state index contributed by atoms with van der Waals surface area (Å²) in [6.45, 7) is 7.16. The van der Waals surface area contributed by atoms with Crippen molar-refractivity contribution in [2.45, 2.75) is 26.1 Å². The third kappa shape index (κ3) is 3.94. The highest BCUT2D eigenvalue weighted by atomic mass is 35.5. The molecule has 0 unspecified atom stereocenters. The van der Waals surface area contributed by atoms with Crippen LogP contribution in [0.1, 0.15) is 25.4 Å². The van der Waals surface area contributed by atoms with Crippen LogP contribution in [0, 0.1) is 0 Å². The fraction of sp³-hybridized carbons (Fsp3) is 0.636. The first-order chi connectivity index (χ1) is 7.69. The minimum Gasteiger partial charge on any atom is -0.310 e. The number of hydrogen-bond donors (Lipinski definition) is 1. The molecule has 0 amide bonds. The average molecular weight is 244 g/mol. The van der Waals surface area contributed by atoms with E-state index in [1.54, 1.807) is 0 Å². The molecule has 0 aliphatic carbocycles. The summed E-state index contributed by atoms with van der Waals surface area (Å²) in [5, 5.41) is 0. The van der Waals surface area contributed by atoms with Crippen LogP contribution in [0.2, 0.25) is 0 Å².